The van der Waals surface area contributed by atoms with E-state index >= 15 is 0 Å². The van der Waals surface area contributed by atoms with Crippen LogP contribution in [0.3, 0.4) is 0 Å². The van der Waals surface area contributed by atoms with Crippen LogP contribution in [0.2, 0.25) is 0 Å². The highest BCUT2D eigenvalue weighted by Crippen LogP contribution is 2.33. The fraction of sp³-hybridized carbons (Fsp3) is 0.214. The van der Waals surface area contributed by atoms with Crippen LogP contribution in [0, 0.1) is 0 Å². The maximum absolute atomic E-state index is 12.3. The lowest BCUT2D eigenvalue weighted by molar-refractivity contribution is -0.116. The summed E-state index contributed by atoms with van der Waals surface area (Å²) in [4.78, 5) is 31.2. The summed E-state index contributed by atoms with van der Waals surface area (Å²) in [7, 11) is 0. The number of hydrogen-bond donors (Lipinski definition) is 2. The molecule has 1 aliphatic heterocycles. The second kappa shape index (κ2) is 5.13. The van der Waals surface area contributed by atoms with Crippen LogP contribution in [0.15, 0.2) is 40.3 Å². The van der Waals surface area contributed by atoms with Gasteiger partial charge in [0.2, 0.25) is 5.91 Å². The van der Waals surface area contributed by atoms with E-state index in [-0.39, 0.29) is 23.8 Å². The molecule has 1 atom stereocenters. The Morgan fingerprint density at radius 3 is 2.70 bits per heavy atom. The van der Waals surface area contributed by atoms with Crippen molar-refractivity contribution in [3.63, 3.8) is 0 Å². The van der Waals surface area contributed by atoms with Gasteiger partial charge in [-0.2, -0.15) is 0 Å². The van der Waals surface area contributed by atoms with Crippen LogP contribution in [0.4, 0.5) is 5.82 Å². The lowest BCUT2D eigenvalue weighted by Crippen LogP contribution is -2.31. The first-order chi connectivity index (χ1) is 9.69. The number of fused-ring (bicyclic) bond motifs is 1. The van der Waals surface area contributed by atoms with Gasteiger partial charge in [-0.25, -0.2) is 4.98 Å². The summed E-state index contributed by atoms with van der Waals surface area (Å²) in [6.45, 7) is 0. The first kappa shape index (κ1) is 12.9. The zero-order valence-corrected chi connectivity index (χ0v) is 11.7. The summed E-state index contributed by atoms with van der Waals surface area (Å²) < 4.78 is 0. The lowest BCUT2D eigenvalue weighted by Gasteiger charge is -2.24. The predicted octanol–water partition coefficient (Wildman–Crippen LogP) is 1.97. The molecule has 1 aromatic carbocycles. The minimum Gasteiger partial charge on any atom is -0.310 e. The van der Waals surface area contributed by atoms with Crippen LogP contribution in [0.25, 0.3) is 0 Å². The van der Waals surface area contributed by atoms with E-state index in [9.17, 15) is 9.59 Å². The van der Waals surface area contributed by atoms with Gasteiger partial charge in [-0.05, 0) is 11.8 Å². The maximum Gasteiger partial charge on any atom is 0.257 e. The SMILES string of the molecule is CSc1nc2c(c(=O)[nH]1)[C@@H](c1ccccc1)CC(=O)N2. The molecule has 0 unspecified atom stereocenters. The Morgan fingerprint density at radius 2 is 2.00 bits per heavy atom. The lowest BCUT2D eigenvalue weighted by atomic mass is 9.87. The first-order valence-corrected chi connectivity index (χ1v) is 7.44. The number of carbonyl (C=O) groups is 1. The van der Waals surface area contributed by atoms with E-state index in [0.29, 0.717) is 16.5 Å². The molecule has 0 radical (unpaired) electrons. The molecule has 102 valence electrons. The van der Waals surface area contributed by atoms with Gasteiger partial charge in [-0.1, -0.05) is 42.1 Å². The number of aromatic nitrogens is 2. The number of thioether (sulfide) groups is 1. The standard InChI is InChI=1S/C14H13N3O2S/c1-20-14-16-12-11(13(19)17-14)9(7-10(18)15-12)8-5-3-2-4-6-8/h2-6,9H,7H2,1H3,(H2,15,16,17,18,19)/t9-/m1/s1. The highest BCUT2D eigenvalue weighted by atomic mass is 32.2. The van der Waals surface area contributed by atoms with E-state index < -0.39 is 0 Å². The van der Waals surface area contributed by atoms with Crippen LogP contribution in [-0.4, -0.2) is 22.1 Å². The molecule has 1 aromatic heterocycles. The number of amides is 1. The van der Waals surface area contributed by atoms with Gasteiger partial charge in [0.1, 0.15) is 5.82 Å². The fourth-order valence-corrected chi connectivity index (χ4v) is 2.79. The van der Waals surface area contributed by atoms with Gasteiger partial charge in [-0.15, -0.1) is 0 Å². The van der Waals surface area contributed by atoms with Gasteiger partial charge in [0, 0.05) is 12.3 Å². The molecular weight excluding hydrogens is 274 g/mol. The second-order valence-electron chi connectivity index (χ2n) is 4.55. The zero-order chi connectivity index (χ0) is 14.1. The van der Waals surface area contributed by atoms with Crippen LogP contribution < -0.4 is 10.9 Å². The Hall–Kier alpha value is -2.08. The van der Waals surface area contributed by atoms with Crippen molar-refractivity contribution < 1.29 is 4.79 Å². The van der Waals surface area contributed by atoms with Gasteiger partial charge in [0.25, 0.3) is 5.56 Å². The third kappa shape index (κ3) is 2.22. The number of rotatable bonds is 2. The minimum atomic E-state index is -0.243. The van der Waals surface area contributed by atoms with Gasteiger partial charge in [0.15, 0.2) is 5.16 Å². The first-order valence-electron chi connectivity index (χ1n) is 6.22. The van der Waals surface area contributed by atoms with E-state index in [0.717, 1.165) is 5.56 Å². The average Bonchev–Trinajstić information content (AvgIpc) is 2.46. The van der Waals surface area contributed by atoms with Crippen LogP contribution in [-0.2, 0) is 4.79 Å². The second-order valence-corrected chi connectivity index (χ2v) is 5.35. The number of anilines is 1. The Balaban J connectivity index is 2.18. The average molecular weight is 287 g/mol. The van der Waals surface area contributed by atoms with E-state index in [1.165, 1.54) is 11.8 Å². The zero-order valence-electron chi connectivity index (χ0n) is 10.8. The number of carbonyl (C=O) groups excluding carboxylic acids is 1. The Kier molecular flexibility index (Phi) is 3.31. The predicted molar refractivity (Wildman–Crippen MR) is 78.2 cm³/mol. The summed E-state index contributed by atoms with van der Waals surface area (Å²) >= 11 is 1.34. The molecule has 3 rings (SSSR count). The molecule has 0 saturated heterocycles. The summed E-state index contributed by atoms with van der Waals surface area (Å²) in [6.07, 6.45) is 2.09. The minimum absolute atomic E-state index is 0.114. The van der Waals surface area contributed by atoms with Crippen molar-refractivity contribution in [2.75, 3.05) is 11.6 Å². The Bertz CT molecular complexity index is 712. The molecule has 0 fully saturated rings. The summed E-state index contributed by atoms with van der Waals surface area (Å²) in [6, 6.07) is 9.56. The Morgan fingerprint density at radius 1 is 1.25 bits per heavy atom. The molecule has 1 aliphatic rings. The van der Waals surface area contributed by atoms with Crippen molar-refractivity contribution in [1.29, 1.82) is 0 Å². The smallest absolute Gasteiger partial charge is 0.257 e. The van der Waals surface area contributed by atoms with Crippen molar-refractivity contribution in [2.24, 2.45) is 0 Å². The summed E-state index contributed by atoms with van der Waals surface area (Å²) in [5.74, 6) is 0.0202. The fourth-order valence-electron chi connectivity index (χ4n) is 2.42. The van der Waals surface area contributed by atoms with Gasteiger partial charge >= 0.3 is 0 Å². The summed E-state index contributed by atoms with van der Waals surface area (Å²) in [5, 5.41) is 3.19. The van der Waals surface area contributed by atoms with Crippen molar-refractivity contribution in [3.8, 4) is 0 Å². The van der Waals surface area contributed by atoms with E-state index in [4.69, 9.17) is 0 Å². The quantitative estimate of drug-likeness (QED) is 0.654. The maximum atomic E-state index is 12.3. The van der Waals surface area contributed by atoms with Crippen molar-refractivity contribution in [3.05, 3.63) is 51.8 Å². The van der Waals surface area contributed by atoms with E-state index in [2.05, 4.69) is 15.3 Å². The number of nitrogens with one attached hydrogen (secondary N) is 2. The molecule has 1 amide bonds. The normalized spacial score (nSPS) is 17.4. The number of hydrogen-bond acceptors (Lipinski definition) is 4. The number of benzene rings is 1. The largest absolute Gasteiger partial charge is 0.310 e. The van der Waals surface area contributed by atoms with Crippen LogP contribution in [0.1, 0.15) is 23.5 Å². The topological polar surface area (TPSA) is 74.8 Å². The van der Waals surface area contributed by atoms with Crippen molar-refractivity contribution in [1.82, 2.24) is 9.97 Å². The third-order valence-corrected chi connectivity index (χ3v) is 3.90. The van der Waals surface area contributed by atoms with E-state index in [1.807, 2.05) is 36.6 Å². The monoisotopic (exact) mass is 287 g/mol. The highest BCUT2D eigenvalue weighted by Gasteiger charge is 2.30. The highest BCUT2D eigenvalue weighted by molar-refractivity contribution is 7.98. The van der Waals surface area contributed by atoms with Crippen LogP contribution >= 0.6 is 11.8 Å². The molecule has 5 nitrogen and oxygen atoms in total. The molecular formula is C14H13N3O2S. The molecule has 2 N–H and O–H groups in total. The molecule has 0 spiro atoms. The van der Waals surface area contributed by atoms with E-state index in [1.54, 1.807) is 0 Å². The molecule has 2 heterocycles. The number of aromatic amines is 1. The molecule has 0 aliphatic carbocycles. The van der Waals surface area contributed by atoms with Gasteiger partial charge in [0.05, 0.1) is 5.56 Å². The molecule has 0 bridgehead atoms. The molecule has 20 heavy (non-hydrogen) atoms. The van der Waals surface area contributed by atoms with Gasteiger partial charge in [-0.3, -0.25) is 9.59 Å². The molecule has 6 heteroatoms. The van der Waals surface area contributed by atoms with Crippen molar-refractivity contribution in [2.45, 2.75) is 17.5 Å². The number of H-pyrrole nitrogens is 1. The molecule has 0 saturated carbocycles. The summed E-state index contributed by atoms with van der Waals surface area (Å²) in [5.41, 5.74) is 1.30. The third-order valence-electron chi connectivity index (χ3n) is 3.32. The van der Waals surface area contributed by atoms with Crippen LogP contribution in [0.5, 0.6) is 0 Å². The van der Waals surface area contributed by atoms with Crippen molar-refractivity contribution >= 4 is 23.5 Å². The molecule has 2 aromatic rings. The van der Waals surface area contributed by atoms with Gasteiger partial charge < -0.3 is 10.3 Å². The number of nitrogens with zero attached hydrogens (tertiary/aromatic N) is 1. The Labute approximate surface area is 119 Å².